The summed E-state index contributed by atoms with van der Waals surface area (Å²) in [6.07, 6.45) is 12.7. The quantitative estimate of drug-likeness (QED) is 0.435. The average molecular weight is 266 g/mol. The molecule has 0 aliphatic carbocycles. The molecule has 0 rings (SSSR count). The van der Waals surface area contributed by atoms with Gasteiger partial charge in [-0.25, -0.2) is 4.79 Å². The molecule has 0 radical (unpaired) electrons. The molecular formula is C17H30O2. The molecule has 0 aliphatic rings. The Morgan fingerprint density at radius 2 is 1.89 bits per heavy atom. The molecule has 1 N–H and O–H groups in total. The molecular weight excluding hydrogens is 236 g/mol. The molecule has 0 aliphatic heterocycles. The molecule has 110 valence electrons. The lowest BCUT2D eigenvalue weighted by Gasteiger charge is -2.14. The van der Waals surface area contributed by atoms with Gasteiger partial charge in [-0.2, -0.15) is 0 Å². The molecule has 0 aromatic rings. The zero-order valence-corrected chi connectivity index (χ0v) is 13.0. The third kappa shape index (κ3) is 10.5. The predicted molar refractivity (Wildman–Crippen MR) is 82.2 cm³/mol. The summed E-state index contributed by atoms with van der Waals surface area (Å²) in [6, 6.07) is 0. The molecule has 0 saturated carbocycles. The Morgan fingerprint density at radius 1 is 1.21 bits per heavy atom. The van der Waals surface area contributed by atoms with Gasteiger partial charge in [-0.05, 0) is 30.8 Å². The van der Waals surface area contributed by atoms with Crippen LogP contribution in [0.3, 0.4) is 0 Å². The van der Waals surface area contributed by atoms with Gasteiger partial charge in [0, 0.05) is 6.08 Å². The molecule has 2 heteroatoms. The van der Waals surface area contributed by atoms with E-state index in [-0.39, 0.29) is 0 Å². The fraction of sp³-hybridized carbons (Fsp3) is 0.706. The van der Waals surface area contributed by atoms with Crippen molar-refractivity contribution in [1.29, 1.82) is 0 Å². The summed E-state index contributed by atoms with van der Waals surface area (Å²) in [5.74, 6) is 0.703. The minimum absolute atomic E-state index is 0.734. The van der Waals surface area contributed by atoms with Crippen LogP contribution in [-0.4, -0.2) is 11.1 Å². The molecule has 19 heavy (non-hydrogen) atoms. The maximum atomic E-state index is 10.5. The van der Waals surface area contributed by atoms with Crippen molar-refractivity contribution in [3.05, 3.63) is 23.8 Å². The van der Waals surface area contributed by atoms with E-state index in [4.69, 9.17) is 5.11 Å². The molecule has 0 heterocycles. The number of aliphatic carboxylic acids is 1. The Hall–Kier alpha value is -1.05. The largest absolute Gasteiger partial charge is 0.478 e. The predicted octanol–water partition coefficient (Wildman–Crippen LogP) is 5.21. The second-order valence-electron chi connectivity index (χ2n) is 5.58. The molecule has 2 atom stereocenters. The topological polar surface area (TPSA) is 37.3 Å². The van der Waals surface area contributed by atoms with Gasteiger partial charge in [0.05, 0.1) is 0 Å². The van der Waals surface area contributed by atoms with Crippen LogP contribution < -0.4 is 0 Å². The number of allylic oxidation sites excluding steroid dienone is 3. The van der Waals surface area contributed by atoms with Crippen LogP contribution in [0.25, 0.3) is 0 Å². The van der Waals surface area contributed by atoms with Crippen LogP contribution in [0, 0.1) is 11.8 Å². The first-order valence-electron chi connectivity index (χ1n) is 7.57. The van der Waals surface area contributed by atoms with Gasteiger partial charge in [-0.1, -0.05) is 65.0 Å². The summed E-state index contributed by atoms with van der Waals surface area (Å²) in [5.41, 5.74) is 0.807. The zero-order chi connectivity index (χ0) is 14.7. The van der Waals surface area contributed by atoms with E-state index in [1.807, 2.05) is 13.0 Å². The minimum atomic E-state index is -0.872. The van der Waals surface area contributed by atoms with Crippen LogP contribution in [0.4, 0.5) is 0 Å². The lowest BCUT2D eigenvalue weighted by molar-refractivity contribution is -0.131. The van der Waals surface area contributed by atoms with Crippen molar-refractivity contribution in [1.82, 2.24) is 0 Å². The first-order chi connectivity index (χ1) is 8.99. The van der Waals surface area contributed by atoms with E-state index in [9.17, 15) is 4.79 Å². The molecule has 0 fully saturated rings. The minimum Gasteiger partial charge on any atom is -0.478 e. The number of carboxylic acid groups (broad SMARTS) is 1. The smallest absolute Gasteiger partial charge is 0.328 e. The van der Waals surface area contributed by atoms with Gasteiger partial charge in [0.1, 0.15) is 0 Å². The van der Waals surface area contributed by atoms with Gasteiger partial charge >= 0.3 is 5.97 Å². The zero-order valence-electron chi connectivity index (χ0n) is 13.0. The number of rotatable bonds is 10. The molecule has 0 aromatic heterocycles. The average Bonchev–Trinajstić information content (AvgIpc) is 2.35. The SMILES string of the molecule is CCC(C)CCCC(CC)C/C=C/C(C)=C/C(=O)O. The van der Waals surface area contributed by atoms with Crippen LogP contribution in [0.2, 0.25) is 0 Å². The Kier molecular flexibility index (Phi) is 10.2. The first kappa shape index (κ1) is 17.9. The number of carboxylic acids is 1. The lowest BCUT2D eigenvalue weighted by Crippen LogP contribution is -2.00. The van der Waals surface area contributed by atoms with Crippen molar-refractivity contribution in [2.75, 3.05) is 0 Å². The highest BCUT2D eigenvalue weighted by Crippen LogP contribution is 2.20. The normalized spacial score (nSPS) is 15.7. The molecule has 0 amide bonds. The van der Waals surface area contributed by atoms with Crippen LogP contribution >= 0.6 is 0 Å². The summed E-state index contributed by atoms with van der Waals surface area (Å²) in [4.78, 5) is 10.5. The Balaban J connectivity index is 3.99. The van der Waals surface area contributed by atoms with Crippen LogP contribution in [0.1, 0.15) is 66.2 Å². The van der Waals surface area contributed by atoms with E-state index in [1.54, 1.807) is 0 Å². The monoisotopic (exact) mass is 266 g/mol. The summed E-state index contributed by atoms with van der Waals surface area (Å²) in [5, 5.41) is 8.62. The molecule has 0 spiro atoms. The lowest BCUT2D eigenvalue weighted by atomic mass is 9.92. The fourth-order valence-corrected chi connectivity index (χ4v) is 2.14. The number of hydrogen-bond donors (Lipinski definition) is 1. The second kappa shape index (κ2) is 10.8. The Labute approximate surface area is 118 Å². The molecule has 0 aromatic carbocycles. The Bertz CT molecular complexity index is 302. The van der Waals surface area contributed by atoms with Gasteiger partial charge in [0.2, 0.25) is 0 Å². The van der Waals surface area contributed by atoms with E-state index in [0.29, 0.717) is 0 Å². The van der Waals surface area contributed by atoms with Crippen molar-refractivity contribution in [3.8, 4) is 0 Å². The van der Waals surface area contributed by atoms with Crippen molar-refractivity contribution in [3.63, 3.8) is 0 Å². The van der Waals surface area contributed by atoms with E-state index >= 15 is 0 Å². The maximum Gasteiger partial charge on any atom is 0.328 e. The van der Waals surface area contributed by atoms with Crippen LogP contribution in [0.5, 0.6) is 0 Å². The molecule has 0 bridgehead atoms. The highest BCUT2D eigenvalue weighted by molar-refractivity contribution is 5.81. The fourth-order valence-electron chi connectivity index (χ4n) is 2.14. The summed E-state index contributed by atoms with van der Waals surface area (Å²) in [7, 11) is 0. The number of hydrogen-bond acceptors (Lipinski definition) is 1. The van der Waals surface area contributed by atoms with Gasteiger partial charge in [-0.15, -0.1) is 0 Å². The van der Waals surface area contributed by atoms with E-state index in [1.165, 1.54) is 38.2 Å². The van der Waals surface area contributed by atoms with Crippen molar-refractivity contribution < 1.29 is 9.90 Å². The van der Waals surface area contributed by atoms with Crippen molar-refractivity contribution in [2.45, 2.75) is 66.2 Å². The summed E-state index contributed by atoms with van der Waals surface area (Å²) >= 11 is 0. The van der Waals surface area contributed by atoms with Crippen LogP contribution in [0.15, 0.2) is 23.8 Å². The standard InChI is InChI=1S/C17H30O2/c1-5-14(3)9-7-11-16(6-2)12-8-10-15(4)13-17(18)19/h8,10,13-14,16H,5-7,9,11-12H2,1-4H3,(H,18,19)/b10-8+,15-13+. The second-order valence-corrected chi connectivity index (χ2v) is 5.58. The third-order valence-electron chi connectivity index (χ3n) is 3.78. The Morgan fingerprint density at radius 3 is 2.42 bits per heavy atom. The van der Waals surface area contributed by atoms with Gasteiger partial charge in [-0.3, -0.25) is 0 Å². The highest BCUT2D eigenvalue weighted by Gasteiger charge is 2.05. The molecule has 0 saturated heterocycles. The highest BCUT2D eigenvalue weighted by atomic mass is 16.4. The van der Waals surface area contributed by atoms with Crippen LogP contribution in [-0.2, 0) is 4.79 Å². The van der Waals surface area contributed by atoms with E-state index in [2.05, 4.69) is 26.8 Å². The summed E-state index contributed by atoms with van der Waals surface area (Å²) in [6.45, 7) is 8.64. The van der Waals surface area contributed by atoms with E-state index in [0.717, 1.165) is 23.8 Å². The van der Waals surface area contributed by atoms with E-state index < -0.39 is 5.97 Å². The summed E-state index contributed by atoms with van der Waals surface area (Å²) < 4.78 is 0. The van der Waals surface area contributed by atoms with Gasteiger partial charge < -0.3 is 5.11 Å². The maximum absolute atomic E-state index is 10.5. The van der Waals surface area contributed by atoms with Gasteiger partial charge in [0.15, 0.2) is 0 Å². The molecule has 2 nitrogen and oxygen atoms in total. The van der Waals surface area contributed by atoms with Crippen molar-refractivity contribution in [2.24, 2.45) is 11.8 Å². The van der Waals surface area contributed by atoms with Crippen molar-refractivity contribution >= 4 is 5.97 Å². The third-order valence-corrected chi connectivity index (χ3v) is 3.78. The number of carbonyl (C=O) groups is 1. The molecule has 2 unspecified atom stereocenters. The first-order valence-corrected chi connectivity index (χ1v) is 7.57. The van der Waals surface area contributed by atoms with Gasteiger partial charge in [0.25, 0.3) is 0 Å².